The van der Waals surface area contributed by atoms with Gasteiger partial charge >= 0.3 is 6.18 Å². The number of aromatic nitrogens is 1. The van der Waals surface area contributed by atoms with E-state index in [1.165, 1.54) is 35.2 Å². The molecule has 0 aliphatic carbocycles. The predicted molar refractivity (Wildman–Crippen MR) is 118 cm³/mol. The van der Waals surface area contributed by atoms with Gasteiger partial charge in [-0.2, -0.15) is 13.2 Å². The Labute approximate surface area is 187 Å². The number of likely N-dealkylation sites (N-methyl/N-ethyl adjacent to an activating group) is 1. The zero-order valence-electron chi connectivity index (χ0n) is 16.9. The van der Waals surface area contributed by atoms with Crippen LogP contribution in [0.1, 0.15) is 29.8 Å². The Morgan fingerprint density at radius 2 is 1.77 bits per heavy atom. The van der Waals surface area contributed by atoms with Crippen molar-refractivity contribution in [1.82, 2.24) is 9.88 Å². The van der Waals surface area contributed by atoms with Gasteiger partial charge in [0.2, 0.25) is 0 Å². The van der Waals surface area contributed by atoms with Gasteiger partial charge in [0.1, 0.15) is 5.82 Å². The molecule has 1 amide bonds. The van der Waals surface area contributed by atoms with E-state index in [0.717, 1.165) is 36.6 Å². The fourth-order valence-corrected chi connectivity index (χ4v) is 4.07. The summed E-state index contributed by atoms with van der Waals surface area (Å²) in [4.78, 5) is 21.1. The SMILES string of the molecule is CCN(CC)CCN(C(=O)c1cccc(C(F)(F)F)c1)c1nc2ccc(F)cc2s1.Cl. The van der Waals surface area contributed by atoms with Gasteiger partial charge in [0.05, 0.1) is 15.8 Å². The molecule has 0 fully saturated rings. The Bertz CT molecular complexity index is 1040. The first-order chi connectivity index (χ1) is 14.2. The number of fused-ring (bicyclic) bond motifs is 1. The smallest absolute Gasteiger partial charge is 0.302 e. The summed E-state index contributed by atoms with van der Waals surface area (Å²) >= 11 is 1.13. The average Bonchev–Trinajstić information content (AvgIpc) is 3.13. The Balaban J connectivity index is 0.00000341. The van der Waals surface area contributed by atoms with Crippen LogP contribution in [0.25, 0.3) is 10.2 Å². The number of benzene rings is 2. The molecule has 0 aliphatic heterocycles. The lowest BCUT2D eigenvalue weighted by Crippen LogP contribution is -2.39. The molecule has 3 rings (SSSR count). The minimum Gasteiger partial charge on any atom is -0.302 e. The summed E-state index contributed by atoms with van der Waals surface area (Å²) in [6, 6.07) is 8.47. The van der Waals surface area contributed by atoms with Gasteiger partial charge in [-0.3, -0.25) is 9.69 Å². The monoisotopic (exact) mass is 475 g/mol. The highest BCUT2D eigenvalue weighted by Gasteiger charge is 2.32. The Hall–Kier alpha value is -2.23. The minimum absolute atomic E-state index is 0. The zero-order valence-corrected chi connectivity index (χ0v) is 18.6. The zero-order chi connectivity index (χ0) is 21.9. The highest BCUT2D eigenvalue weighted by atomic mass is 35.5. The summed E-state index contributed by atoms with van der Waals surface area (Å²) in [5.41, 5.74) is -0.431. The van der Waals surface area contributed by atoms with Gasteiger partial charge < -0.3 is 4.90 Å². The number of amides is 1. The second-order valence-corrected chi connectivity index (χ2v) is 7.68. The highest BCUT2D eigenvalue weighted by Crippen LogP contribution is 2.32. The molecule has 0 spiro atoms. The summed E-state index contributed by atoms with van der Waals surface area (Å²) in [6.07, 6.45) is -4.55. The van der Waals surface area contributed by atoms with Crippen LogP contribution in [0.4, 0.5) is 22.7 Å². The van der Waals surface area contributed by atoms with Crippen molar-refractivity contribution in [2.75, 3.05) is 31.1 Å². The number of thiazole rings is 1. The van der Waals surface area contributed by atoms with Gasteiger partial charge in [-0.25, -0.2) is 9.37 Å². The molecule has 1 aromatic heterocycles. The summed E-state index contributed by atoms with van der Waals surface area (Å²) < 4.78 is 53.4. The third-order valence-electron chi connectivity index (χ3n) is 4.79. The summed E-state index contributed by atoms with van der Waals surface area (Å²) in [7, 11) is 0. The van der Waals surface area contributed by atoms with Crippen LogP contribution in [0.5, 0.6) is 0 Å². The minimum atomic E-state index is -4.55. The molecule has 0 radical (unpaired) electrons. The Morgan fingerprint density at radius 3 is 2.42 bits per heavy atom. The maximum Gasteiger partial charge on any atom is 0.416 e. The van der Waals surface area contributed by atoms with Crippen molar-refractivity contribution in [3.05, 3.63) is 59.4 Å². The molecule has 168 valence electrons. The van der Waals surface area contributed by atoms with Crippen molar-refractivity contribution in [2.24, 2.45) is 0 Å². The highest BCUT2D eigenvalue weighted by molar-refractivity contribution is 7.22. The predicted octanol–water partition coefficient (Wildman–Crippen LogP) is 5.86. The molecule has 4 nitrogen and oxygen atoms in total. The molecule has 3 aromatic rings. The number of alkyl halides is 3. The molecule has 1 heterocycles. The number of carbonyl (C=O) groups excluding carboxylic acids is 1. The maximum atomic E-state index is 13.6. The van der Waals surface area contributed by atoms with Crippen LogP contribution in [-0.2, 0) is 6.18 Å². The maximum absolute atomic E-state index is 13.6. The number of nitrogens with zero attached hydrogens (tertiary/aromatic N) is 3. The number of anilines is 1. The fraction of sp³-hybridized carbons (Fsp3) is 0.333. The first-order valence-corrected chi connectivity index (χ1v) is 10.3. The largest absolute Gasteiger partial charge is 0.416 e. The van der Waals surface area contributed by atoms with Crippen molar-refractivity contribution in [3.8, 4) is 0 Å². The van der Waals surface area contributed by atoms with Crippen LogP contribution < -0.4 is 4.90 Å². The van der Waals surface area contributed by atoms with Crippen molar-refractivity contribution < 1.29 is 22.4 Å². The molecule has 0 saturated heterocycles. The molecule has 0 saturated carbocycles. The average molecular weight is 476 g/mol. The van der Waals surface area contributed by atoms with Crippen molar-refractivity contribution in [3.63, 3.8) is 0 Å². The number of halogens is 5. The van der Waals surface area contributed by atoms with Crippen molar-refractivity contribution in [2.45, 2.75) is 20.0 Å². The second kappa shape index (κ2) is 10.4. The molecule has 31 heavy (non-hydrogen) atoms. The molecule has 2 aromatic carbocycles. The van der Waals surface area contributed by atoms with E-state index in [-0.39, 0.29) is 24.5 Å². The van der Waals surface area contributed by atoms with Crippen molar-refractivity contribution >= 4 is 45.0 Å². The fourth-order valence-electron chi connectivity index (χ4n) is 3.05. The number of hydrogen-bond acceptors (Lipinski definition) is 4. The van der Waals surface area contributed by atoms with Crippen LogP contribution in [0.3, 0.4) is 0 Å². The van der Waals surface area contributed by atoms with Gasteiger partial charge in [-0.1, -0.05) is 31.3 Å². The van der Waals surface area contributed by atoms with E-state index in [0.29, 0.717) is 21.9 Å². The van der Waals surface area contributed by atoms with Crippen LogP contribution >= 0.6 is 23.7 Å². The topological polar surface area (TPSA) is 36.4 Å². The lowest BCUT2D eigenvalue weighted by Gasteiger charge is -2.25. The third kappa shape index (κ3) is 5.93. The molecule has 0 bridgehead atoms. The lowest BCUT2D eigenvalue weighted by atomic mass is 10.1. The first-order valence-electron chi connectivity index (χ1n) is 9.50. The van der Waals surface area contributed by atoms with Crippen LogP contribution in [0.2, 0.25) is 0 Å². The molecule has 10 heteroatoms. The van der Waals surface area contributed by atoms with E-state index >= 15 is 0 Å². The quantitative estimate of drug-likeness (QED) is 0.401. The second-order valence-electron chi connectivity index (χ2n) is 6.67. The van der Waals surface area contributed by atoms with Crippen LogP contribution in [0.15, 0.2) is 42.5 Å². The van der Waals surface area contributed by atoms with Crippen LogP contribution in [-0.4, -0.2) is 42.0 Å². The molecular formula is C21H22ClF4N3OS. The summed E-state index contributed by atoms with van der Waals surface area (Å²) in [5, 5.41) is 0.324. The van der Waals surface area contributed by atoms with Gasteiger partial charge in [0.15, 0.2) is 5.13 Å². The Morgan fingerprint density at radius 1 is 1.06 bits per heavy atom. The van der Waals surface area contributed by atoms with E-state index < -0.39 is 23.5 Å². The summed E-state index contributed by atoms with van der Waals surface area (Å²) in [6.45, 7) is 6.30. The standard InChI is InChI=1S/C21H21F4N3OS.ClH/c1-3-27(4-2)10-11-28(20-26-17-9-8-16(22)13-18(17)30-20)19(29)14-6-5-7-15(12-14)21(23,24)25;/h5-9,12-13H,3-4,10-11H2,1-2H3;1H. The van der Waals surface area contributed by atoms with Gasteiger partial charge in [0, 0.05) is 18.7 Å². The van der Waals surface area contributed by atoms with E-state index in [1.807, 2.05) is 13.8 Å². The number of rotatable bonds is 7. The molecule has 0 aliphatic rings. The van der Waals surface area contributed by atoms with E-state index in [2.05, 4.69) is 9.88 Å². The van der Waals surface area contributed by atoms with Gasteiger partial charge in [0.25, 0.3) is 5.91 Å². The van der Waals surface area contributed by atoms with E-state index in [9.17, 15) is 22.4 Å². The molecule has 0 unspecified atom stereocenters. The molecule has 0 N–H and O–H groups in total. The lowest BCUT2D eigenvalue weighted by molar-refractivity contribution is -0.137. The Kier molecular flexibility index (Phi) is 8.39. The summed E-state index contributed by atoms with van der Waals surface area (Å²) in [5.74, 6) is -0.996. The van der Waals surface area contributed by atoms with E-state index in [4.69, 9.17) is 0 Å². The van der Waals surface area contributed by atoms with E-state index in [1.54, 1.807) is 0 Å². The van der Waals surface area contributed by atoms with Crippen molar-refractivity contribution in [1.29, 1.82) is 0 Å². The molecule has 0 atom stereocenters. The molecular weight excluding hydrogens is 454 g/mol. The first kappa shape index (κ1) is 25.0. The number of carbonyl (C=O) groups is 1. The van der Waals surface area contributed by atoms with Crippen LogP contribution in [0, 0.1) is 5.82 Å². The third-order valence-corrected chi connectivity index (χ3v) is 5.83. The number of hydrogen-bond donors (Lipinski definition) is 0. The normalized spacial score (nSPS) is 11.6. The van der Waals surface area contributed by atoms with Gasteiger partial charge in [-0.05, 0) is 49.5 Å². The van der Waals surface area contributed by atoms with Gasteiger partial charge in [-0.15, -0.1) is 12.4 Å².